The van der Waals surface area contributed by atoms with E-state index in [9.17, 15) is 4.79 Å². The van der Waals surface area contributed by atoms with Crippen molar-refractivity contribution in [1.29, 1.82) is 0 Å². The van der Waals surface area contributed by atoms with E-state index in [1.807, 2.05) is 12.1 Å². The average Bonchev–Trinajstić information content (AvgIpc) is 2.11. The summed E-state index contributed by atoms with van der Waals surface area (Å²) >= 11 is 10.0. The van der Waals surface area contributed by atoms with Crippen LogP contribution in [0.3, 0.4) is 0 Å². The van der Waals surface area contributed by atoms with Crippen LogP contribution in [0.4, 0.5) is 10.5 Å². The van der Waals surface area contributed by atoms with Gasteiger partial charge in [0.15, 0.2) is 0 Å². The fraction of sp³-hybridized carbons (Fsp3) is 0.222. The molecule has 0 aliphatic heterocycles. The first kappa shape index (κ1) is 13.0. The van der Waals surface area contributed by atoms with E-state index in [-0.39, 0.29) is 0 Å². The molecule has 0 radical (unpaired) electrons. The summed E-state index contributed by atoms with van der Waals surface area (Å²) in [4.78, 5) is 11.2. The lowest BCUT2D eigenvalue weighted by molar-refractivity contribution is 0.168. The van der Waals surface area contributed by atoms with Gasteiger partial charge in [-0.2, -0.15) is 0 Å². The van der Waals surface area contributed by atoms with E-state index in [0.29, 0.717) is 12.3 Å². The van der Waals surface area contributed by atoms with Crippen LogP contribution in [-0.4, -0.2) is 12.7 Å². The molecule has 0 aliphatic carbocycles. The molecule has 1 amide bonds. The number of rotatable bonds is 2. The van der Waals surface area contributed by atoms with E-state index >= 15 is 0 Å². The number of benzene rings is 1. The van der Waals surface area contributed by atoms with E-state index < -0.39 is 6.09 Å². The number of carbonyl (C=O) groups excluding carboxylic acids is 1. The molecule has 0 atom stereocenters. The Hall–Kier alpha value is -0.0700. The number of nitrogens with one attached hydrogen (secondary N) is 1. The van der Waals surface area contributed by atoms with Gasteiger partial charge in [-0.3, -0.25) is 5.32 Å². The third-order valence-electron chi connectivity index (χ3n) is 1.51. The van der Waals surface area contributed by atoms with Crippen LogP contribution in [0.2, 0.25) is 0 Å². The lowest BCUT2D eigenvalue weighted by atomic mass is 10.3. The van der Waals surface area contributed by atoms with E-state index in [1.54, 1.807) is 6.92 Å². The largest absolute Gasteiger partial charge is 0.450 e. The molecule has 0 fully saturated rings. The fourth-order valence-corrected chi connectivity index (χ4v) is 3.39. The molecular weight excluding hydrogens is 394 g/mol. The number of hydrogen-bond donors (Lipinski definition) is 1. The molecule has 6 heteroatoms. The molecule has 1 aromatic rings. The highest BCUT2D eigenvalue weighted by Gasteiger charge is 2.10. The summed E-state index contributed by atoms with van der Waals surface area (Å²) in [6.07, 6.45) is -0.471. The maximum atomic E-state index is 11.2. The van der Waals surface area contributed by atoms with Gasteiger partial charge in [0.1, 0.15) is 0 Å². The summed E-state index contributed by atoms with van der Waals surface area (Å²) < 4.78 is 7.24. The van der Waals surface area contributed by atoms with Gasteiger partial charge in [0.05, 0.1) is 12.3 Å². The van der Waals surface area contributed by atoms with Crippen LogP contribution in [0, 0.1) is 0 Å². The number of ether oxygens (including phenoxy) is 1. The van der Waals surface area contributed by atoms with Crippen LogP contribution in [0.15, 0.2) is 25.6 Å². The molecule has 0 unspecified atom stereocenters. The van der Waals surface area contributed by atoms with Gasteiger partial charge in [-0.05, 0) is 50.9 Å². The summed E-state index contributed by atoms with van der Waals surface area (Å²) in [5.41, 5.74) is 0.650. The molecule has 1 rings (SSSR count). The van der Waals surface area contributed by atoms with Crippen LogP contribution in [-0.2, 0) is 4.74 Å². The lowest BCUT2D eigenvalue weighted by Gasteiger charge is -2.09. The van der Waals surface area contributed by atoms with Gasteiger partial charge in [-0.25, -0.2) is 4.79 Å². The SMILES string of the molecule is CCOC(=O)Nc1c(Br)cc(Br)cc1Br. The lowest BCUT2D eigenvalue weighted by Crippen LogP contribution is -2.14. The molecule has 1 N–H and O–H groups in total. The Bertz CT molecular complexity index is 359. The standard InChI is InChI=1S/C9H8Br3NO2/c1-2-15-9(14)13-8-6(11)3-5(10)4-7(8)12/h3-4H,2H2,1H3,(H,13,14). The van der Waals surface area contributed by atoms with E-state index in [1.165, 1.54) is 0 Å². The first-order valence-electron chi connectivity index (χ1n) is 4.13. The van der Waals surface area contributed by atoms with Crippen molar-refractivity contribution in [2.24, 2.45) is 0 Å². The predicted molar refractivity (Wildman–Crippen MR) is 70.2 cm³/mol. The Morgan fingerprint density at radius 1 is 1.33 bits per heavy atom. The van der Waals surface area contributed by atoms with Gasteiger partial charge < -0.3 is 4.74 Å². The maximum Gasteiger partial charge on any atom is 0.411 e. The molecule has 0 aliphatic rings. The smallest absolute Gasteiger partial charge is 0.411 e. The fourth-order valence-electron chi connectivity index (χ4n) is 0.931. The molecule has 0 aromatic heterocycles. The van der Waals surface area contributed by atoms with Gasteiger partial charge >= 0.3 is 6.09 Å². The minimum absolute atomic E-state index is 0.345. The summed E-state index contributed by atoms with van der Waals surface area (Å²) in [6, 6.07) is 3.68. The van der Waals surface area contributed by atoms with Crippen molar-refractivity contribution < 1.29 is 9.53 Å². The van der Waals surface area contributed by atoms with Crippen LogP contribution < -0.4 is 5.32 Å². The summed E-state index contributed by atoms with van der Waals surface area (Å²) in [5.74, 6) is 0. The van der Waals surface area contributed by atoms with Crippen molar-refractivity contribution in [3.05, 3.63) is 25.6 Å². The van der Waals surface area contributed by atoms with Crippen molar-refractivity contribution in [3.63, 3.8) is 0 Å². The van der Waals surface area contributed by atoms with E-state index in [2.05, 4.69) is 53.1 Å². The molecule has 15 heavy (non-hydrogen) atoms. The highest BCUT2D eigenvalue weighted by molar-refractivity contribution is 9.11. The van der Waals surface area contributed by atoms with E-state index in [0.717, 1.165) is 13.4 Å². The maximum absolute atomic E-state index is 11.2. The zero-order valence-corrected chi connectivity index (χ0v) is 12.6. The van der Waals surface area contributed by atoms with Crippen LogP contribution >= 0.6 is 47.8 Å². The zero-order chi connectivity index (χ0) is 11.4. The number of hydrogen-bond acceptors (Lipinski definition) is 2. The Balaban J connectivity index is 2.90. The molecule has 3 nitrogen and oxygen atoms in total. The van der Waals surface area contributed by atoms with Crippen molar-refractivity contribution in [2.75, 3.05) is 11.9 Å². The van der Waals surface area contributed by atoms with Crippen LogP contribution in [0.25, 0.3) is 0 Å². The molecular formula is C9H8Br3NO2. The topological polar surface area (TPSA) is 38.3 Å². The van der Waals surface area contributed by atoms with Crippen molar-refractivity contribution in [3.8, 4) is 0 Å². The van der Waals surface area contributed by atoms with Crippen LogP contribution in [0.1, 0.15) is 6.92 Å². The highest BCUT2D eigenvalue weighted by Crippen LogP contribution is 2.34. The highest BCUT2D eigenvalue weighted by atomic mass is 79.9. The van der Waals surface area contributed by atoms with Gasteiger partial charge in [-0.15, -0.1) is 0 Å². The Labute approximate surface area is 113 Å². The first-order chi connectivity index (χ1) is 7.04. The molecule has 1 aromatic carbocycles. The van der Waals surface area contributed by atoms with Gasteiger partial charge in [0.2, 0.25) is 0 Å². The molecule has 0 spiro atoms. The molecule has 0 saturated heterocycles. The quantitative estimate of drug-likeness (QED) is 0.790. The number of carbonyl (C=O) groups is 1. The van der Waals surface area contributed by atoms with Crippen LogP contribution in [0.5, 0.6) is 0 Å². The third kappa shape index (κ3) is 3.77. The second kappa shape index (κ2) is 5.86. The minimum Gasteiger partial charge on any atom is -0.450 e. The van der Waals surface area contributed by atoms with Gasteiger partial charge in [0.25, 0.3) is 0 Å². The minimum atomic E-state index is -0.471. The van der Waals surface area contributed by atoms with Crippen molar-refractivity contribution in [2.45, 2.75) is 6.92 Å². The van der Waals surface area contributed by atoms with E-state index in [4.69, 9.17) is 4.74 Å². The Morgan fingerprint density at radius 2 is 1.87 bits per heavy atom. The average molecular weight is 402 g/mol. The zero-order valence-electron chi connectivity index (χ0n) is 7.81. The second-order valence-electron chi connectivity index (χ2n) is 2.59. The predicted octanol–water partition coefficient (Wildman–Crippen LogP) is 4.54. The van der Waals surface area contributed by atoms with Crippen molar-refractivity contribution >= 4 is 59.6 Å². The summed E-state index contributed by atoms with van der Waals surface area (Å²) in [6.45, 7) is 2.10. The first-order valence-corrected chi connectivity index (χ1v) is 6.50. The summed E-state index contributed by atoms with van der Waals surface area (Å²) in [5, 5.41) is 2.63. The number of anilines is 1. The van der Waals surface area contributed by atoms with Gasteiger partial charge in [-0.1, -0.05) is 15.9 Å². The Morgan fingerprint density at radius 3 is 2.33 bits per heavy atom. The third-order valence-corrected chi connectivity index (χ3v) is 3.22. The van der Waals surface area contributed by atoms with Crippen molar-refractivity contribution in [1.82, 2.24) is 0 Å². The second-order valence-corrected chi connectivity index (χ2v) is 5.21. The molecule has 0 bridgehead atoms. The molecule has 0 saturated carbocycles. The number of amides is 1. The molecule has 82 valence electrons. The summed E-state index contributed by atoms with van der Waals surface area (Å²) in [7, 11) is 0. The Kier molecular flexibility index (Phi) is 5.08. The number of halogens is 3. The van der Waals surface area contributed by atoms with Gasteiger partial charge in [0, 0.05) is 13.4 Å². The monoisotopic (exact) mass is 399 g/mol. The molecule has 0 heterocycles. The normalized spacial score (nSPS) is 9.87.